The molecule has 2 unspecified atom stereocenters. The van der Waals surface area contributed by atoms with Gasteiger partial charge in [-0.2, -0.15) is 0 Å². The molecule has 0 amide bonds. The van der Waals surface area contributed by atoms with Gasteiger partial charge in [-0.25, -0.2) is 4.98 Å². The van der Waals surface area contributed by atoms with Gasteiger partial charge in [-0.1, -0.05) is 38.1 Å². The summed E-state index contributed by atoms with van der Waals surface area (Å²) in [5, 5.41) is 9.77. The highest BCUT2D eigenvalue weighted by Crippen LogP contribution is 2.48. The first-order chi connectivity index (χ1) is 19.3. The number of aliphatic carboxylic acids is 1. The van der Waals surface area contributed by atoms with Gasteiger partial charge < -0.3 is 14.6 Å². The van der Waals surface area contributed by atoms with E-state index >= 15 is 0 Å². The zero-order valence-electron chi connectivity index (χ0n) is 24.4. The van der Waals surface area contributed by atoms with Gasteiger partial charge in [0.05, 0.1) is 13.0 Å². The van der Waals surface area contributed by atoms with E-state index in [4.69, 9.17) is 9.47 Å². The average molecular weight is 543 g/mol. The summed E-state index contributed by atoms with van der Waals surface area (Å²) in [4.78, 5) is 18.6. The molecule has 1 N–H and O–H groups in total. The summed E-state index contributed by atoms with van der Waals surface area (Å²) in [6, 6.07) is 17.5. The zero-order chi connectivity index (χ0) is 28.4. The van der Waals surface area contributed by atoms with Gasteiger partial charge in [-0.15, -0.1) is 0 Å². The highest BCUT2D eigenvalue weighted by molar-refractivity contribution is 5.71. The van der Waals surface area contributed by atoms with E-state index < -0.39 is 11.9 Å². The topological polar surface area (TPSA) is 71.9 Å². The molecule has 0 spiro atoms. The molecule has 3 aromatic rings. The Morgan fingerprint density at radius 2 is 1.85 bits per heavy atom. The third kappa shape index (κ3) is 6.02. The third-order valence-corrected chi connectivity index (χ3v) is 8.76. The number of methoxy groups -OCH3 is 1. The van der Waals surface area contributed by atoms with Crippen LogP contribution in [0.15, 0.2) is 54.7 Å². The number of fused-ring (bicyclic) bond motifs is 1. The molecule has 1 aliphatic heterocycles. The molecule has 0 saturated heterocycles. The fourth-order valence-electron chi connectivity index (χ4n) is 6.21. The summed E-state index contributed by atoms with van der Waals surface area (Å²) in [5.41, 5.74) is 6.99. The van der Waals surface area contributed by atoms with Gasteiger partial charge >= 0.3 is 5.97 Å². The molecule has 1 aromatic heterocycles. The first-order valence-electron chi connectivity index (χ1n) is 14.7. The molecule has 6 heteroatoms. The van der Waals surface area contributed by atoms with E-state index in [1.165, 1.54) is 16.7 Å². The number of hydrogen-bond acceptors (Lipinski definition) is 5. The first kappa shape index (κ1) is 28.2. The number of aromatic nitrogens is 1. The number of aryl methyl sites for hydroxylation is 1. The Morgan fingerprint density at radius 1 is 1.07 bits per heavy atom. The number of carboxylic acids is 1. The van der Waals surface area contributed by atoms with E-state index in [9.17, 15) is 9.90 Å². The maximum atomic E-state index is 11.9. The molecule has 0 bridgehead atoms. The van der Waals surface area contributed by atoms with Crippen LogP contribution >= 0.6 is 0 Å². The SMILES string of the molecule is CCN(Cc1cc(-c2ccnc(OC)c2)ccc1C1CCc2ccc(C(C3CC3)[C@H](C)C(=O)O)cc2O1)C(C)C. The molecule has 1 aliphatic carbocycles. The molecule has 212 valence electrons. The van der Waals surface area contributed by atoms with E-state index in [0.717, 1.165) is 61.2 Å². The van der Waals surface area contributed by atoms with Crippen molar-refractivity contribution < 1.29 is 19.4 Å². The summed E-state index contributed by atoms with van der Waals surface area (Å²) in [5.74, 6) is 0.851. The van der Waals surface area contributed by atoms with Crippen LogP contribution in [-0.2, 0) is 17.8 Å². The fourth-order valence-corrected chi connectivity index (χ4v) is 6.21. The number of pyridine rings is 1. The molecule has 5 rings (SSSR count). The Morgan fingerprint density at radius 3 is 2.52 bits per heavy atom. The minimum Gasteiger partial charge on any atom is -0.485 e. The number of rotatable bonds is 11. The average Bonchev–Trinajstić information content (AvgIpc) is 3.80. The molecule has 40 heavy (non-hydrogen) atoms. The van der Waals surface area contributed by atoms with Gasteiger partial charge in [0.1, 0.15) is 11.9 Å². The van der Waals surface area contributed by atoms with Crippen LogP contribution in [-0.4, -0.2) is 40.7 Å². The van der Waals surface area contributed by atoms with Gasteiger partial charge in [-0.3, -0.25) is 9.69 Å². The van der Waals surface area contributed by atoms with Crippen molar-refractivity contribution in [2.75, 3.05) is 13.7 Å². The molecule has 6 nitrogen and oxygen atoms in total. The second-order valence-corrected chi connectivity index (χ2v) is 11.7. The van der Waals surface area contributed by atoms with Crippen molar-refractivity contribution in [1.82, 2.24) is 9.88 Å². The maximum absolute atomic E-state index is 11.9. The van der Waals surface area contributed by atoms with Crippen LogP contribution in [0.5, 0.6) is 11.6 Å². The molecule has 2 aliphatic rings. The standard InChI is InChI=1S/C34H42N2O4/c1-6-36(21(2)3)20-28-17-25(26-15-16-35-32(19-26)39-5)11-13-29(28)30-14-12-23-7-10-27(18-31(23)40-30)33(24-8-9-24)22(4)34(37)38/h7,10-11,13,15-19,21-22,24,30,33H,6,8-9,12,14,20H2,1-5H3,(H,37,38)/t22-,30?,33?/m0/s1. The Labute approximate surface area is 238 Å². The number of hydrogen-bond donors (Lipinski definition) is 1. The van der Waals surface area contributed by atoms with E-state index in [-0.39, 0.29) is 12.0 Å². The highest BCUT2D eigenvalue weighted by Gasteiger charge is 2.39. The lowest BCUT2D eigenvalue weighted by Gasteiger charge is -2.32. The summed E-state index contributed by atoms with van der Waals surface area (Å²) < 4.78 is 12.1. The van der Waals surface area contributed by atoms with Crippen molar-refractivity contribution in [1.29, 1.82) is 0 Å². The molecule has 0 radical (unpaired) electrons. The van der Waals surface area contributed by atoms with Gasteiger partial charge in [0.15, 0.2) is 0 Å². The van der Waals surface area contributed by atoms with Crippen LogP contribution in [0.4, 0.5) is 0 Å². The highest BCUT2D eigenvalue weighted by atomic mass is 16.5. The Kier molecular flexibility index (Phi) is 8.46. The molecule has 2 heterocycles. The van der Waals surface area contributed by atoms with Crippen LogP contribution in [0, 0.1) is 11.8 Å². The fraction of sp³-hybridized carbons (Fsp3) is 0.471. The molecular formula is C34H42N2O4. The largest absolute Gasteiger partial charge is 0.485 e. The Balaban J connectivity index is 1.48. The van der Waals surface area contributed by atoms with Crippen LogP contribution in [0.1, 0.15) is 81.2 Å². The minimum atomic E-state index is -0.726. The van der Waals surface area contributed by atoms with Crippen molar-refractivity contribution >= 4 is 5.97 Å². The number of carboxylic acid groups (broad SMARTS) is 1. The van der Waals surface area contributed by atoms with E-state index in [1.807, 2.05) is 19.1 Å². The normalized spacial score (nSPS) is 18.2. The first-order valence-corrected chi connectivity index (χ1v) is 14.7. The monoisotopic (exact) mass is 542 g/mol. The number of benzene rings is 2. The smallest absolute Gasteiger partial charge is 0.306 e. The Hall–Kier alpha value is -3.38. The molecule has 3 atom stereocenters. The van der Waals surface area contributed by atoms with Gasteiger partial charge in [-0.05, 0) is 109 Å². The van der Waals surface area contributed by atoms with Crippen LogP contribution < -0.4 is 9.47 Å². The predicted molar refractivity (Wildman–Crippen MR) is 158 cm³/mol. The van der Waals surface area contributed by atoms with Gasteiger partial charge in [0, 0.05) is 24.8 Å². The van der Waals surface area contributed by atoms with Crippen molar-refractivity contribution in [3.05, 3.63) is 77.0 Å². The van der Waals surface area contributed by atoms with Crippen LogP contribution in [0.25, 0.3) is 11.1 Å². The molecule has 1 saturated carbocycles. The number of carbonyl (C=O) groups is 1. The minimum absolute atomic E-state index is 0.0307. The van der Waals surface area contributed by atoms with Crippen LogP contribution in [0.3, 0.4) is 0 Å². The number of ether oxygens (including phenoxy) is 2. The lowest BCUT2D eigenvalue weighted by atomic mass is 9.82. The zero-order valence-corrected chi connectivity index (χ0v) is 24.4. The Bertz CT molecular complexity index is 1350. The van der Waals surface area contributed by atoms with Crippen molar-refractivity contribution in [2.24, 2.45) is 11.8 Å². The van der Waals surface area contributed by atoms with Gasteiger partial charge in [0.25, 0.3) is 0 Å². The summed E-state index contributed by atoms with van der Waals surface area (Å²) in [6.45, 7) is 10.3. The quantitative estimate of drug-likeness (QED) is 0.275. The lowest BCUT2D eigenvalue weighted by Crippen LogP contribution is -2.31. The van der Waals surface area contributed by atoms with Crippen molar-refractivity contribution in [3.63, 3.8) is 0 Å². The second-order valence-electron chi connectivity index (χ2n) is 11.7. The maximum Gasteiger partial charge on any atom is 0.306 e. The number of nitrogens with zero attached hydrogens (tertiary/aromatic N) is 2. The van der Waals surface area contributed by atoms with E-state index in [2.05, 4.69) is 67.1 Å². The van der Waals surface area contributed by atoms with Crippen molar-refractivity contribution in [2.45, 2.75) is 78.0 Å². The van der Waals surface area contributed by atoms with Crippen molar-refractivity contribution in [3.8, 4) is 22.8 Å². The van der Waals surface area contributed by atoms with Gasteiger partial charge in [0.2, 0.25) is 5.88 Å². The summed E-state index contributed by atoms with van der Waals surface area (Å²) >= 11 is 0. The van der Waals surface area contributed by atoms with E-state index in [1.54, 1.807) is 13.3 Å². The lowest BCUT2D eigenvalue weighted by molar-refractivity contribution is -0.142. The summed E-state index contributed by atoms with van der Waals surface area (Å²) in [6.07, 6.45) is 5.78. The second kappa shape index (κ2) is 12.0. The van der Waals surface area contributed by atoms with E-state index in [0.29, 0.717) is 17.8 Å². The third-order valence-electron chi connectivity index (χ3n) is 8.76. The predicted octanol–water partition coefficient (Wildman–Crippen LogP) is 7.27. The van der Waals surface area contributed by atoms with Crippen LogP contribution in [0.2, 0.25) is 0 Å². The molecule has 2 aromatic carbocycles. The summed E-state index contributed by atoms with van der Waals surface area (Å²) in [7, 11) is 1.64. The molecule has 1 fully saturated rings. The molecular weight excluding hydrogens is 500 g/mol.